The molecule has 1 aromatic carbocycles. The number of carbonyl (C=O) groups excluding carboxylic acids is 2. The maximum Gasteiger partial charge on any atom is 0.306 e. The van der Waals surface area contributed by atoms with Crippen molar-refractivity contribution in [1.29, 1.82) is 0 Å². The number of amides is 2. The predicted molar refractivity (Wildman–Crippen MR) is 118 cm³/mol. The van der Waals surface area contributed by atoms with Gasteiger partial charge >= 0.3 is 5.97 Å². The molecule has 0 aromatic heterocycles. The SMILES string of the molecule is CNC(=O)[C@@H]1Cc2ccccc2N(C(=O)CC(C)(C)C[C@H](N)[C@@H](O)C[C@@H](C)C(=O)O)C1. The Morgan fingerprint density at radius 1 is 1.29 bits per heavy atom. The molecule has 0 spiro atoms. The van der Waals surface area contributed by atoms with Crippen LogP contribution in [-0.4, -0.2) is 53.7 Å². The summed E-state index contributed by atoms with van der Waals surface area (Å²) in [6.45, 7) is 5.66. The highest BCUT2D eigenvalue weighted by Crippen LogP contribution is 2.34. The normalized spacial score (nSPS) is 19.2. The van der Waals surface area contributed by atoms with Crippen LogP contribution < -0.4 is 16.0 Å². The maximum absolute atomic E-state index is 13.3. The van der Waals surface area contributed by atoms with Crippen LogP contribution in [0.1, 0.15) is 45.6 Å². The summed E-state index contributed by atoms with van der Waals surface area (Å²) < 4.78 is 0. The second-order valence-corrected chi connectivity index (χ2v) is 9.40. The highest BCUT2D eigenvalue weighted by molar-refractivity contribution is 5.96. The van der Waals surface area contributed by atoms with Gasteiger partial charge in [0.2, 0.25) is 11.8 Å². The third-order valence-electron chi connectivity index (χ3n) is 6.00. The van der Waals surface area contributed by atoms with Gasteiger partial charge in [0.15, 0.2) is 0 Å². The zero-order valence-electron chi connectivity index (χ0n) is 18.8. The number of nitrogens with one attached hydrogen (secondary N) is 1. The molecule has 8 heteroatoms. The van der Waals surface area contributed by atoms with E-state index >= 15 is 0 Å². The lowest BCUT2D eigenvalue weighted by Crippen LogP contribution is -2.47. The van der Waals surface area contributed by atoms with Crippen molar-refractivity contribution >= 4 is 23.5 Å². The number of nitrogens with two attached hydrogens (primary N) is 1. The molecule has 0 fully saturated rings. The van der Waals surface area contributed by atoms with Gasteiger partial charge in [-0.05, 0) is 36.3 Å². The highest BCUT2D eigenvalue weighted by Gasteiger charge is 2.35. The number of carboxylic acids is 1. The van der Waals surface area contributed by atoms with E-state index in [1.807, 2.05) is 38.1 Å². The topological polar surface area (TPSA) is 133 Å². The van der Waals surface area contributed by atoms with E-state index in [-0.39, 0.29) is 30.6 Å². The van der Waals surface area contributed by atoms with Gasteiger partial charge in [-0.1, -0.05) is 39.0 Å². The Labute approximate surface area is 183 Å². The summed E-state index contributed by atoms with van der Waals surface area (Å²) >= 11 is 0. The summed E-state index contributed by atoms with van der Waals surface area (Å²) in [6, 6.07) is 6.96. The van der Waals surface area contributed by atoms with E-state index in [0.29, 0.717) is 19.4 Å². The number of anilines is 1. The van der Waals surface area contributed by atoms with E-state index in [0.717, 1.165) is 11.3 Å². The number of fused-ring (bicyclic) bond motifs is 1. The molecular weight excluding hydrogens is 398 g/mol. The average Bonchev–Trinajstić information content (AvgIpc) is 2.71. The van der Waals surface area contributed by atoms with E-state index < -0.39 is 29.4 Å². The van der Waals surface area contributed by atoms with Gasteiger partial charge in [0, 0.05) is 31.7 Å². The van der Waals surface area contributed by atoms with Gasteiger partial charge in [-0.3, -0.25) is 14.4 Å². The van der Waals surface area contributed by atoms with Crippen LogP contribution in [0.25, 0.3) is 0 Å². The van der Waals surface area contributed by atoms with Crippen LogP contribution in [0.2, 0.25) is 0 Å². The molecule has 31 heavy (non-hydrogen) atoms. The minimum absolute atomic E-state index is 0.0633. The van der Waals surface area contributed by atoms with Crippen molar-refractivity contribution in [2.75, 3.05) is 18.5 Å². The number of aliphatic carboxylic acids is 1. The average molecular weight is 434 g/mol. The second kappa shape index (κ2) is 10.2. The Hall–Kier alpha value is -2.45. The third kappa shape index (κ3) is 6.51. The molecule has 1 aliphatic heterocycles. The number of benzene rings is 1. The first-order valence-corrected chi connectivity index (χ1v) is 10.7. The number of para-hydroxylation sites is 1. The minimum atomic E-state index is -0.977. The van der Waals surface area contributed by atoms with Gasteiger partial charge in [-0.15, -0.1) is 0 Å². The Morgan fingerprint density at radius 2 is 1.94 bits per heavy atom. The van der Waals surface area contributed by atoms with Crippen molar-refractivity contribution in [3.8, 4) is 0 Å². The summed E-state index contributed by atoms with van der Waals surface area (Å²) in [7, 11) is 1.59. The van der Waals surface area contributed by atoms with Gasteiger partial charge in [0.05, 0.1) is 17.9 Å². The van der Waals surface area contributed by atoms with Crippen LogP contribution in [0.5, 0.6) is 0 Å². The Morgan fingerprint density at radius 3 is 2.55 bits per heavy atom. The lowest BCUT2D eigenvalue weighted by Gasteiger charge is -2.37. The van der Waals surface area contributed by atoms with Crippen molar-refractivity contribution in [2.24, 2.45) is 23.0 Å². The summed E-state index contributed by atoms with van der Waals surface area (Å²) in [5.74, 6) is -2.18. The van der Waals surface area contributed by atoms with E-state index in [1.54, 1.807) is 11.9 Å². The number of aliphatic hydroxyl groups is 1. The molecule has 8 nitrogen and oxygen atoms in total. The molecule has 2 rings (SSSR count). The number of rotatable bonds is 9. The highest BCUT2D eigenvalue weighted by atomic mass is 16.4. The summed E-state index contributed by atoms with van der Waals surface area (Å²) in [6.07, 6.45) is 0.237. The first kappa shape index (κ1) is 24.8. The third-order valence-corrected chi connectivity index (χ3v) is 6.00. The second-order valence-electron chi connectivity index (χ2n) is 9.40. The molecule has 1 aromatic rings. The van der Waals surface area contributed by atoms with Crippen LogP contribution in [-0.2, 0) is 20.8 Å². The van der Waals surface area contributed by atoms with Crippen LogP contribution in [0, 0.1) is 17.3 Å². The predicted octanol–water partition coefficient (Wildman–Crippen LogP) is 1.54. The standard InChI is InChI=1S/C23H35N3O5/c1-14(22(30)31)9-19(27)17(24)11-23(2,3)12-20(28)26-13-16(21(29)25-4)10-15-7-5-6-8-18(15)26/h5-8,14,16-17,19,27H,9-13,24H2,1-4H3,(H,25,29)(H,30,31)/t14-,16-,17+,19+/m1/s1. The number of carbonyl (C=O) groups is 3. The monoisotopic (exact) mass is 433 g/mol. The van der Waals surface area contributed by atoms with Gasteiger partial charge in [-0.25, -0.2) is 0 Å². The van der Waals surface area contributed by atoms with E-state index in [9.17, 15) is 19.5 Å². The Kier molecular flexibility index (Phi) is 8.20. The van der Waals surface area contributed by atoms with E-state index in [4.69, 9.17) is 10.8 Å². The maximum atomic E-state index is 13.3. The molecule has 0 unspecified atom stereocenters. The zero-order chi connectivity index (χ0) is 23.3. The smallest absolute Gasteiger partial charge is 0.306 e. The van der Waals surface area contributed by atoms with Gasteiger partial charge in [-0.2, -0.15) is 0 Å². The number of carboxylic acid groups (broad SMARTS) is 1. The fraction of sp³-hybridized carbons (Fsp3) is 0.609. The molecule has 0 saturated heterocycles. The molecule has 0 radical (unpaired) electrons. The number of hydrogen-bond acceptors (Lipinski definition) is 5. The molecule has 172 valence electrons. The lowest BCUT2D eigenvalue weighted by atomic mass is 9.79. The van der Waals surface area contributed by atoms with E-state index in [1.165, 1.54) is 6.92 Å². The van der Waals surface area contributed by atoms with Gasteiger partial charge in [0.1, 0.15) is 0 Å². The van der Waals surface area contributed by atoms with Gasteiger partial charge < -0.3 is 26.2 Å². The summed E-state index contributed by atoms with van der Waals surface area (Å²) in [5, 5.41) is 22.0. The van der Waals surface area contributed by atoms with Crippen molar-refractivity contribution in [2.45, 2.75) is 58.6 Å². The number of nitrogens with zero attached hydrogens (tertiary/aromatic N) is 1. The molecule has 1 heterocycles. The quantitative estimate of drug-likeness (QED) is 0.467. The van der Waals surface area contributed by atoms with Crippen molar-refractivity contribution in [3.05, 3.63) is 29.8 Å². The van der Waals surface area contributed by atoms with E-state index in [2.05, 4.69) is 5.32 Å². The molecule has 2 amide bonds. The van der Waals surface area contributed by atoms with Crippen LogP contribution in [0.4, 0.5) is 5.69 Å². The zero-order valence-corrected chi connectivity index (χ0v) is 18.8. The summed E-state index contributed by atoms with van der Waals surface area (Å²) in [4.78, 5) is 38.2. The Balaban J connectivity index is 2.09. The lowest BCUT2D eigenvalue weighted by molar-refractivity contribution is -0.142. The fourth-order valence-electron chi connectivity index (χ4n) is 4.20. The first-order valence-electron chi connectivity index (χ1n) is 10.7. The van der Waals surface area contributed by atoms with Crippen LogP contribution in [0.3, 0.4) is 0 Å². The van der Waals surface area contributed by atoms with Gasteiger partial charge in [0.25, 0.3) is 0 Å². The molecular formula is C23H35N3O5. The molecule has 0 bridgehead atoms. The first-order chi connectivity index (χ1) is 14.4. The largest absolute Gasteiger partial charge is 0.481 e. The van der Waals surface area contributed by atoms with Crippen molar-refractivity contribution in [1.82, 2.24) is 5.32 Å². The molecule has 0 saturated carbocycles. The van der Waals surface area contributed by atoms with Crippen molar-refractivity contribution < 1.29 is 24.6 Å². The van der Waals surface area contributed by atoms with Crippen LogP contribution in [0.15, 0.2) is 24.3 Å². The Bertz CT molecular complexity index is 810. The number of aliphatic hydroxyl groups excluding tert-OH is 1. The molecule has 0 aliphatic carbocycles. The fourth-order valence-corrected chi connectivity index (χ4v) is 4.20. The molecule has 1 aliphatic rings. The number of hydrogen-bond donors (Lipinski definition) is 4. The minimum Gasteiger partial charge on any atom is -0.481 e. The van der Waals surface area contributed by atoms with Crippen LogP contribution >= 0.6 is 0 Å². The van der Waals surface area contributed by atoms with Crippen molar-refractivity contribution in [3.63, 3.8) is 0 Å². The molecule has 4 atom stereocenters. The molecule has 5 N–H and O–H groups in total. The summed E-state index contributed by atoms with van der Waals surface area (Å²) in [5.41, 5.74) is 7.41.